The lowest BCUT2D eigenvalue weighted by atomic mass is 9.96. The van der Waals surface area contributed by atoms with Crippen LogP contribution in [0.3, 0.4) is 0 Å². The molecular weight excluding hydrogens is 351 g/mol. The Bertz CT molecular complexity index is 640. The molecule has 1 aromatic heterocycles. The number of pyridine rings is 1. The van der Waals surface area contributed by atoms with Gasteiger partial charge in [-0.05, 0) is 45.2 Å². The number of halogens is 3. The van der Waals surface area contributed by atoms with Gasteiger partial charge in [0.05, 0.1) is 13.2 Å². The summed E-state index contributed by atoms with van der Waals surface area (Å²) in [6, 6.07) is 1.06. The van der Waals surface area contributed by atoms with Gasteiger partial charge in [0.25, 0.3) is 0 Å². The van der Waals surface area contributed by atoms with Gasteiger partial charge in [0.2, 0.25) is 5.88 Å². The molecule has 2 rings (SSSR count). The average molecular weight is 375 g/mol. The number of hydrogen-bond acceptors (Lipinski definition) is 5. The first-order valence-electron chi connectivity index (χ1n) is 8.46. The predicted molar refractivity (Wildman–Crippen MR) is 88.0 cm³/mol. The van der Waals surface area contributed by atoms with Crippen LogP contribution in [0.1, 0.15) is 57.1 Å². The van der Waals surface area contributed by atoms with Crippen LogP contribution < -0.4 is 4.74 Å². The van der Waals surface area contributed by atoms with Crippen LogP contribution in [-0.4, -0.2) is 36.4 Å². The molecule has 26 heavy (non-hydrogen) atoms. The Labute approximate surface area is 150 Å². The van der Waals surface area contributed by atoms with Crippen LogP contribution in [0.5, 0.6) is 5.88 Å². The third-order valence-corrected chi connectivity index (χ3v) is 4.09. The second-order valence-electron chi connectivity index (χ2n) is 7.30. The van der Waals surface area contributed by atoms with E-state index in [9.17, 15) is 18.0 Å². The Hall–Kier alpha value is -1.83. The molecule has 0 spiro atoms. The molecule has 0 saturated heterocycles. The van der Waals surface area contributed by atoms with Gasteiger partial charge in [-0.15, -0.1) is 0 Å². The number of carbonyl (C=O) groups excluding carboxylic acids is 1. The molecule has 0 bridgehead atoms. The van der Waals surface area contributed by atoms with Gasteiger partial charge in [-0.1, -0.05) is 6.42 Å². The zero-order valence-electron chi connectivity index (χ0n) is 15.4. The summed E-state index contributed by atoms with van der Waals surface area (Å²) in [5.41, 5.74) is -1.09. The van der Waals surface area contributed by atoms with E-state index in [-0.39, 0.29) is 18.6 Å². The predicted octanol–water partition coefficient (Wildman–Crippen LogP) is 4.10. The van der Waals surface area contributed by atoms with E-state index in [1.165, 1.54) is 6.20 Å². The number of nitrogens with zero attached hydrogens (tertiary/aromatic N) is 1. The Morgan fingerprint density at radius 1 is 1.27 bits per heavy atom. The van der Waals surface area contributed by atoms with Crippen molar-refractivity contribution in [3.05, 3.63) is 23.4 Å². The summed E-state index contributed by atoms with van der Waals surface area (Å²) in [5, 5.41) is 0. The Morgan fingerprint density at radius 2 is 1.96 bits per heavy atom. The summed E-state index contributed by atoms with van der Waals surface area (Å²) in [4.78, 5) is 15.6. The Balaban J connectivity index is 2.11. The lowest BCUT2D eigenvalue weighted by Gasteiger charge is -2.23. The fourth-order valence-corrected chi connectivity index (χ4v) is 3.09. The molecule has 2 atom stereocenters. The molecular formula is C18H24F3NO4. The van der Waals surface area contributed by atoms with E-state index >= 15 is 0 Å². The van der Waals surface area contributed by atoms with Gasteiger partial charge in [0.1, 0.15) is 17.8 Å². The van der Waals surface area contributed by atoms with E-state index in [2.05, 4.69) is 4.98 Å². The van der Waals surface area contributed by atoms with Crippen LogP contribution in [-0.2, 0) is 20.4 Å². The quantitative estimate of drug-likeness (QED) is 0.725. The zero-order valence-corrected chi connectivity index (χ0v) is 15.4. The molecule has 1 aromatic rings. The number of ether oxygens (including phenoxy) is 3. The fourth-order valence-electron chi connectivity index (χ4n) is 3.09. The highest BCUT2D eigenvalue weighted by Crippen LogP contribution is 2.41. The summed E-state index contributed by atoms with van der Waals surface area (Å²) in [7, 11) is 1.15. The molecule has 0 aliphatic heterocycles. The van der Waals surface area contributed by atoms with Crippen molar-refractivity contribution in [3.8, 4) is 5.88 Å². The lowest BCUT2D eigenvalue weighted by molar-refractivity contribution is -0.162. The van der Waals surface area contributed by atoms with E-state index in [0.29, 0.717) is 18.4 Å². The van der Waals surface area contributed by atoms with Crippen LogP contribution in [0.4, 0.5) is 13.2 Å². The summed E-state index contributed by atoms with van der Waals surface area (Å²) < 4.78 is 55.1. The largest absolute Gasteiger partial charge is 0.481 e. The van der Waals surface area contributed by atoms with Crippen molar-refractivity contribution in [3.63, 3.8) is 0 Å². The number of hydrogen-bond donors (Lipinski definition) is 0. The van der Waals surface area contributed by atoms with Crippen molar-refractivity contribution in [1.82, 2.24) is 4.98 Å². The van der Waals surface area contributed by atoms with E-state index in [1.807, 2.05) is 0 Å². The molecule has 1 aliphatic rings. The third-order valence-electron chi connectivity index (χ3n) is 4.09. The van der Waals surface area contributed by atoms with Crippen molar-refractivity contribution in [2.24, 2.45) is 0 Å². The second kappa shape index (κ2) is 7.82. The van der Waals surface area contributed by atoms with Gasteiger partial charge < -0.3 is 14.2 Å². The van der Waals surface area contributed by atoms with Crippen LogP contribution in [0.15, 0.2) is 12.3 Å². The number of methoxy groups -OCH3 is 1. The lowest BCUT2D eigenvalue weighted by Crippen LogP contribution is -2.29. The van der Waals surface area contributed by atoms with Crippen molar-refractivity contribution >= 4 is 5.97 Å². The van der Waals surface area contributed by atoms with Gasteiger partial charge in [-0.3, -0.25) is 0 Å². The van der Waals surface area contributed by atoms with Crippen molar-refractivity contribution in [1.29, 1.82) is 0 Å². The maximum atomic E-state index is 13.2. The highest BCUT2D eigenvalue weighted by atomic mass is 19.4. The highest BCUT2D eigenvalue weighted by Gasteiger charge is 2.38. The Morgan fingerprint density at radius 3 is 2.54 bits per heavy atom. The first-order valence-corrected chi connectivity index (χ1v) is 8.46. The van der Waals surface area contributed by atoms with E-state index in [0.717, 1.165) is 19.6 Å². The summed E-state index contributed by atoms with van der Waals surface area (Å²) in [6.07, 6.45) is -1.38. The number of esters is 1. The smallest absolute Gasteiger partial charge is 0.421 e. The van der Waals surface area contributed by atoms with E-state index in [1.54, 1.807) is 20.8 Å². The van der Waals surface area contributed by atoms with Crippen molar-refractivity contribution < 1.29 is 32.2 Å². The fraction of sp³-hybridized carbons (Fsp3) is 0.667. The van der Waals surface area contributed by atoms with Gasteiger partial charge in [-0.2, -0.15) is 13.2 Å². The molecule has 0 N–H and O–H groups in total. The molecule has 0 unspecified atom stereocenters. The van der Waals surface area contributed by atoms with E-state index < -0.39 is 29.2 Å². The molecule has 0 aromatic carbocycles. The molecule has 146 valence electrons. The van der Waals surface area contributed by atoms with Crippen LogP contribution >= 0.6 is 0 Å². The summed E-state index contributed by atoms with van der Waals surface area (Å²) in [5.74, 6) is -1.20. The number of rotatable bonds is 5. The topological polar surface area (TPSA) is 57.7 Å². The van der Waals surface area contributed by atoms with Crippen LogP contribution in [0.2, 0.25) is 0 Å². The second-order valence-corrected chi connectivity index (χ2v) is 7.30. The standard InChI is InChI=1S/C18H24F3NO4/c1-17(2,3)26-15(23)10-25-14-7-5-6-12(14)11-8-13(18(19,20)21)16(24-4)22-9-11/h8-9,12,14H,5-7,10H2,1-4H3/t12-,14+/m1/s1. The van der Waals surface area contributed by atoms with Crippen LogP contribution in [0, 0.1) is 0 Å². The van der Waals surface area contributed by atoms with Crippen molar-refractivity contribution in [2.45, 2.75) is 63.8 Å². The molecule has 1 saturated carbocycles. The molecule has 8 heteroatoms. The minimum Gasteiger partial charge on any atom is -0.481 e. The van der Waals surface area contributed by atoms with Gasteiger partial charge in [0.15, 0.2) is 0 Å². The first kappa shape index (κ1) is 20.5. The van der Waals surface area contributed by atoms with Crippen molar-refractivity contribution in [2.75, 3.05) is 13.7 Å². The highest BCUT2D eigenvalue weighted by molar-refractivity contribution is 5.71. The minimum absolute atomic E-state index is 0.228. The normalized spacial score (nSPS) is 20.9. The first-order chi connectivity index (χ1) is 12.0. The maximum Gasteiger partial charge on any atom is 0.421 e. The minimum atomic E-state index is -4.56. The molecule has 0 amide bonds. The molecule has 1 aliphatic carbocycles. The summed E-state index contributed by atoms with van der Waals surface area (Å²) >= 11 is 0. The van der Waals surface area contributed by atoms with Gasteiger partial charge in [-0.25, -0.2) is 9.78 Å². The number of carbonyl (C=O) groups is 1. The SMILES string of the molecule is COc1ncc([C@H]2CCC[C@@H]2OCC(=O)OC(C)(C)C)cc1C(F)(F)F. The average Bonchev–Trinajstić information content (AvgIpc) is 2.98. The number of alkyl halides is 3. The molecule has 0 radical (unpaired) electrons. The molecule has 1 heterocycles. The molecule has 1 fully saturated rings. The Kier molecular flexibility index (Phi) is 6.16. The van der Waals surface area contributed by atoms with E-state index in [4.69, 9.17) is 14.2 Å². The summed E-state index contributed by atoms with van der Waals surface area (Å²) in [6.45, 7) is 5.04. The van der Waals surface area contributed by atoms with Gasteiger partial charge >= 0.3 is 12.1 Å². The monoisotopic (exact) mass is 375 g/mol. The van der Waals surface area contributed by atoms with Gasteiger partial charge in [0, 0.05) is 12.1 Å². The maximum absolute atomic E-state index is 13.2. The molecule has 5 nitrogen and oxygen atoms in total. The zero-order chi connectivity index (χ0) is 19.5. The number of aromatic nitrogens is 1. The third kappa shape index (κ3) is 5.33. The van der Waals surface area contributed by atoms with Crippen LogP contribution in [0.25, 0.3) is 0 Å².